The molecule has 0 aliphatic heterocycles. The molecule has 1 aliphatic carbocycles. The molecular weight excluding hydrogens is 626 g/mol. The second-order valence-electron chi connectivity index (χ2n) is 11.8. The number of hydrogen-bond donors (Lipinski definition) is 4. The fourth-order valence-corrected chi connectivity index (χ4v) is 6.52. The maximum absolute atomic E-state index is 16.3. The van der Waals surface area contributed by atoms with Crippen LogP contribution in [-0.4, -0.2) is 50.7 Å². The van der Waals surface area contributed by atoms with Crippen LogP contribution in [0.2, 0.25) is 0 Å². The van der Waals surface area contributed by atoms with Gasteiger partial charge in [0.1, 0.15) is 22.8 Å². The molecule has 14 heteroatoms. The summed E-state index contributed by atoms with van der Waals surface area (Å²) in [5, 5.41) is 10.4. The third-order valence-electron chi connectivity index (χ3n) is 8.35. The van der Waals surface area contributed by atoms with Gasteiger partial charge in [0.2, 0.25) is 15.9 Å². The molecular formula is C33H30F2N8O3S. The van der Waals surface area contributed by atoms with Crippen LogP contribution in [0.5, 0.6) is 0 Å². The van der Waals surface area contributed by atoms with Gasteiger partial charge in [-0.05, 0) is 60.9 Å². The molecule has 4 N–H and O–H groups in total. The van der Waals surface area contributed by atoms with Gasteiger partial charge in [-0.25, -0.2) is 26.9 Å². The highest BCUT2D eigenvalue weighted by Crippen LogP contribution is 2.36. The highest BCUT2D eigenvalue weighted by atomic mass is 32.2. The fraction of sp³-hybridized carbons (Fsp3) is 0.242. The van der Waals surface area contributed by atoms with E-state index in [1.807, 2.05) is 0 Å². The minimum absolute atomic E-state index is 0.0339. The standard InChI is InChI=1S/C33H30F2N8O3S/c1-47(45,46)38-15-18-11-20(13-22(34)12-18)29-30-26(9-10-37-29)40-32(41-30)31-27-25(42-43-31)8-7-24(28(27)35)21-14-23(17-36-16-21)39-33(44)19-5-3-2-4-6-19/h7-14,16-17,19,38H,2-6,15H2,1H3,(H,39,44)(H,40,41)(H,42,43). The fourth-order valence-electron chi connectivity index (χ4n) is 6.09. The van der Waals surface area contributed by atoms with E-state index in [0.717, 1.165) is 38.4 Å². The number of imidazole rings is 1. The zero-order valence-corrected chi connectivity index (χ0v) is 26.1. The van der Waals surface area contributed by atoms with Crippen LogP contribution in [0.1, 0.15) is 37.7 Å². The van der Waals surface area contributed by atoms with Gasteiger partial charge in [0.05, 0.1) is 40.3 Å². The molecule has 6 aromatic rings. The molecule has 0 radical (unpaired) electrons. The molecule has 0 unspecified atom stereocenters. The lowest BCUT2D eigenvalue weighted by Crippen LogP contribution is -2.24. The monoisotopic (exact) mass is 656 g/mol. The molecule has 2 aromatic carbocycles. The Hall–Kier alpha value is -5.08. The smallest absolute Gasteiger partial charge is 0.227 e. The van der Waals surface area contributed by atoms with E-state index in [1.54, 1.807) is 36.5 Å². The minimum atomic E-state index is -3.49. The number of carbonyl (C=O) groups is 1. The Bertz CT molecular complexity index is 2260. The summed E-state index contributed by atoms with van der Waals surface area (Å²) >= 11 is 0. The largest absolute Gasteiger partial charge is 0.336 e. The van der Waals surface area contributed by atoms with E-state index >= 15 is 4.39 Å². The number of halogens is 2. The summed E-state index contributed by atoms with van der Waals surface area (Å²) in [5.41, 5.74) is 4.03. The number of amides is 1. The first kappa shape index (κ1) is 30.6. The molecule has 4 heterocycles. The highest BCUT2D eigenvalue weighted by Gasteiger charge is 2.23. The number of pyridine rings is 2. The van der Waals surface area contributed by atoms with Crippen LogP contribution in [0, 0.1) is 17.6 Å². The first-order valence-electron chi connectivity index (χ1n) is 15.2. The predicted molar refractivity (Wildman–Crippen MR) is 174 cm³/mol. The van der Waals surface area contributed by atoms with E-state index in [1.165, 1.54) is 24.5 Å². The highest BCUT2D eigenvalue weighted by molar-refractivity contribution is 7.88. The van der Waals surface area contributed by atoms with Crippen molar-refractivity contribution in [2.75, 3.05) is 11.6 Å². The Labute approximate surface area is 268 Å². The van der Waals surface area contributed by atoms with E-state index < -0.39 is 21.7 Å². The number of hydrogen-bond acceptors (Lipinski definition) is 7. The summed E-state index contributed by atoms with van der Waals surface area (Å²) < 4.78 is 56.5. The van der Waals surface area contributed by atoms with Crippen molar-refractivity contribution in [2.24, 2.45) is 5.92 Å². The van der Waals surface area contributed by atoms with Gasteiger partial charge in [0, 0.05) is 41.5 Å². The van der Waals surface area contributed by atoms with Crippen molar-refractivity contribution in [3.8, 4) is 33.9 Å². The summed E-state index contributed by atoms with van der Waals surface area (Å²) in [6, 6.07) is 10.9. The van der Waals surface area contributed by atoms with Gasteiger partial charge in [0.15, 0.2) is 5.82 Å². The zero-order chi connectivity index (χ0) is 32.7. The summed E-state index contributed by atoms with van der Waals surface area (Å²) in [6.07, 6.45) is 10.6. The van der Waals surface area contributed by atoms with E-state index in [-0.39, 0.29) is 40.8 Å². The molecule has 0 spiro atoms. The average Bonchev–Trinajstić information content (AvgIpc) is 3.69. The van der Waals surface area contributed by atoms with E-state index in [9.17, 15) is 17.6 Å². The van der Waals surface area contributed by atoms with Gasteiger partial charge in [-0.3, -0.25) is 19.9 Å². The lowest BCUT2D eigenvalue weighted by atomic mass is 9.88. The number of anilines is 1. The van der Waals surface area contributed by atoms with Crippen molar-refractivity contribution in [3.05, 3.63) is 78.3 Å². The first-order chi connectivity index (χ1) is 22.6. The number of nitrogens with one attached hydrogen (secondary N) is 4. The van der Waals surface area contributed by atoms with Gasteiger partial charge in [0.25, 0.3) is 0 Å². The van der Waals surface area contributed by atoms with Crippen LogP contribution < -0.4 is 10.0 Å². The Morgan fingerprint density at radius 2 is 1.81 bits per heavy atom. The molecule has 1 amide bonds. The molecule has 7 rings (SSSR count). The normalized spacial score (nSPS) is 14.2. The van der Waals surface area contributed by atoms with Crippen molar-refractivity contribution in [2.45, 2.75) is 38.6 Å². The van der Waals surface area contributed by atoms with Crippen LogP contribution in [-0.2, 0) is 21.4 Å². The third kappa shape index (κ3) is 6.33. The van der Waals surface area contributed by atoms with Crippen LogP contribution in [0.4, 0.5) is 14.5 Å². The summed E-state index contributed by atoms with van der Waals surface area (Å²) in [5.74, 6) is -0.930. The predicted octanol–water partition coefficient (Wildman–Crippen LogP) is 6.08. The van der Waals surface area contributed by atoms with E-state index in [4.69, 9.17) is 4.98 Å². The van der Waals surface area contributed by atoms with E-state index in [0.29, 0.717) is 44.6 Å². The van der Waals surface area contributed by atoms with Crippen LogP contribution in [0.25, 0.3) is 55.8 Å². The zero-order valence-electron chi connectivity index (χ0n) is 25.3. The number of rotatable bonds is 8. The molecule has 0 bridgehead atoms. The van der Waals surface area contributed by atoms with Gasteiger partial charge in [-0.1, -0.05) is 19.3 Å². The molecule has 11 nitrogen and oxygen atoms in total. The van der Waals surface area contributed by atoms with Crippen molar-refractivity contribution in [1.82, 2.24) is 34.9 Å². The molecule has 1 fully saturated rings. The molecule has 240 valence electrons. The number of sulfonamides is 1. The first-order valence-corrected chi connectivity index (χ1v) is 17.0. The second-order valence-corrected chi connectivity index (χ2v) is 13.6. The Kier molecular flexibility index (Phi) is 7.98. The second kappa shape index (κ2) is 12.3. The number of aromatic amines is 2. The maximum atomic E-state index is 16.3. The Morgan fingerprint density at radius 3 is 2.62 bits per heavy atom. The number of benzene rings is 2. The lowest BCUT2D eigenvalue weighted by Gasteiger charge is -2.20. The number of carbonyl (C=O) groups excluding carboxylic acids is 1. The molecule has 47 heavy (non-hydrogen) atoms. The Morgan fingerprint density at radius 1 is 0.979 bits per heavy atom. The van der Waals surface area contributed by atoms with Gasteiger partial charge >= 0.3 is 0 Å². The van der Waals surface area contributed by atoms with Crippen LogP contribution in [0.3, 0.4) is 0 Å². The number of aromatic nitrogens is 6. The van der Waals surface area contributed by atoms with Crippen molar-refractivity contribution >= 4 is 43.6 Å². The molecule has 0 saturated heterocycles. The molecule has 1 saturated carbocycles. The summed E-state index contributed by atoms with van der Waals surface area (Å²) in [6.45, 7) is -0.0996. The number of H-pyrrole nitrogens is 2. The molecule has 1 aliphatic rings. The summed E-state index contributed by atoms with van der Waals surface area (Å²) in [7, 11) is -3.49. The van der Waals surface area contributed by atoms with Crippen LogP contribution >= 0.6 is 0 Å². The average molecular weight is 657 g/mol. The third-order valence-corrected chi connectivity index (χ3v) is 9.02. The maximum Gasteiger partial charge on any atom is 0.227 e. The SMILES string of the molecule is CS(=O)(=O)NCc1cc(F)cc(-c2nccc3[nH]c(-c4n[nH]c5ccc(-c6cncc(NC(=O)C7CCCCC7)c6)c(F)c45)nc23)c1. The number of nitrogens with zero attached hydrogens (tertiary/aromatic N) is 4. The van der Waals surface area contributed by atoms with Gasteiger partial charge in [-0.15, -0.1) is 0 Å². The quantitative estimate of drug-likeness (QED) is 0.155. The lowest BCUT2D eigenvalue weighted by molar-refractivity contribution is -0.120. The topological polar surface area (TPSA) is 158 Å². The van der Waals surface area contributed by atoms with Crippen molar-refractivity contribution in [1.29, 1.82) is 0 Å². The van der Waals surface area contributed by atoms with Gasteiger partial charge in [-0.2, -0.15) is 5.10 Å². The van der Waals surface area contributed by atoms with E-state index in [2.05, 4.69) is 35.2 Å². The molecule has 0 atom stereocenters. The number of fused-ring (bicyclic) bond motifs is 2. The molecule has 4 aromatic heterocycles. The van der Waals surface area contributed by atoms with Crippen molar-refractivity contribution < 1.29 is 22.0 Å². The van der Waals surface area contributed by atoms with Gasteiger partial charge < -0.3 is 10.3 Å². The summed E-state index contributed by atoms with van der Waals surface area (Å²) in [4.78, 5) is 29.4. The minimum Gasteiger partial charge on any atom is -0.336 e. The Balaban J connectivity index is 1.24. The van der Waals surface area contributed by atoms with Crippen molar-refractivity contribution in [3.63, 3.8) is 0 Å². The van der Waals surface area contributed by atoms with Crippen LogP contribution in [0.15, 0.2) is 61.1 Å².